The Morgan fingerprint density at radius 1 is 0.262 bits per heavy atom. The van der Waals surface area contributed by atoms with Gasteiger partial charge in [-0.1, -0.05) is 375 Å². The minimum atomic E-state index is -0.523. The summed E-state index contributed by atoms with van der Waals surface area (Å²) in [4.78, 5) is 4.48. The van der Waals surface area contributed by atoms with E-state index in [4.69, 9.17) is 32.6 Å². The molecule has 750 valence electrons. The molecule has 3 saturated heterocycles. The van der Waals surface area contributed by atoms with Crippen molar-refractivity contribution in [2.45, 2.75) is 166 Å². The van der Waals surface area contributed by atoms with E-state index in [1.54, 1.807) is 0 Å². The number of hydrogen-bond acceptors (Lipinski definition) is 8. The minimum absolute atomic E-state index is 0. The summed E-state index contributed by atoms with van der Waals surface area (Å²) >= 11 is 14.9. The van der Waals surface area contributed by atoms with Gasteiger partial charge in [0, 0.05) is 76.3 Å². The number of nitrogens with zero attached hydrogens (tertiary/aromatic N) is 3. The van der Waals surface area contributed by atoms with Crippen molar-refractivity contribution in [1.29, 1.82) is 0 Å². The standard InChI is InChI=1S/C35H22BrN3.C30H27BO2.C24H15Br.C16H19BO2.C14H8Br2.C9H19BO3.4CH4.H2/c36-25-17-24(21-37-22-25)23-18-26(38-32-13-5-1-9-28(32)29-10-2-6-14-33(29)38)20-27(19-23)39-34-15-7-3-11-30(34)31-12-4-8-16-35(31)39;1-29(2)30(3,4)33-31(32-29)28-25-17-9-7-15-23(25)27(24-16-8-10-18-26(24)28)22-19-11-13-20-12-5-6-14-21(20)22;25-24-21-13-5-3-11-19(21)23(20-12-4-6-14-22(20)24)18-15-7-9-16-8-1-2-10-17(16)18;1-15(2)16(3,4)19-17(18-15)14-11-7-9-12-8-5-6-10-13(12)14;15-13-9-5-1-2-6-10(9)14(16)12-8-4-3-7-11(12)13;1-7(2)11-10-12-8(3,4)9(5,6)13-10;;;;;/h1-22H;5-19H,1-4H3;1-15H;5-11H,1-4H3;1-8H;7H,1-6H3;4*1H4;1H/i;;;;;;;;;;1+1. The zero-order valence-corrected chi connectivity index (χ0v) is 90.0. The molecule has 0 N–H and O–H groups in total. The molecular weight excluding hydrogens is 2090 g/mol. The predicted molar refractivity (Wildman–Crippen MR) is 656 cm³/mol. The minimum Gasteiger partial charge on any atom is -0.399 e. The molecule has 0 bridgehead atoms. The van der Waals surface area contributed by atoms with E-state index in [9.17, 15) is 0 Å². The fraction of sp³-hybridized carbons (Fsp3) is 0.189. The van der Waals surface area contributed by atoms with E-state index in [0.29, 0.717) is 0 Å². The SMILES string of the molecule is Brc1c2ccccc2c(-c2cccc3ccccc23)c2ccccc12.Brc1c2ccccc2c(Br)c2ccccc12.Brc1cncc(-c2cc(-n3c4ccccc4c4ccccc43)cc(-n3c4ccccc4c4ccccc43)c2)c1.C.C.C.C.CC(C)OB1OC(C)(C)C(C)(C)O1.CC1(C)OB(c2c3ccccc3c(-c3cccc4ccccc34)c3ccccc23)OC1(C)C.CC1(C)OB(c2cccc3ccccc23)OC1(C)C.[2HH]. The van der Waals surface area contributed by atoms with E-state index >= 15 is 0 Å². The third kappa shape index (κ3) is 20.4. The van der Waals surface area contributed by atoms with Gasteiger partial charge in [0.2, 0.25) is 0 Å². The van der Waals surface area contributed by atoms with Crippen LogP contribution >= 0.6 is 63.7 Å². The van der Waals surface area contributed by atoms with Crippen molar-refractivity contribution >= 4 is 237 Å². The van der Waals surface area contributed by atoms with Crippen LogP contribution in [0.4, 0.5) is 0 Å². The molecule has 3 aliphatic rings. The first-order valence-electron chi connectivity index (χ1n) is 49.6. The predicted octanol–water partition coefficient (Wildman–Crippen LogP) is 37.8. The fourth-order valence-corrected chi connectivity index (χ4v) is 22.9. The van der Waals surface area contributed by atoms with Crippen LogP contribution in [-0.4, -0.2) is 75.4 Å². The van der Waals surface area contributed by atoms with Gasteiger partial charge in [0.1, 0.15) is 0 Å². The topological polar surface area (TPSA) is 87.4 Å². The summed E-state index contributed by atoms with van der Waals surface area (Å²) < 4.78 is 51.3. The molecule has 17 heteroatoms. The Morgan fingerprint density at radius 2 is 0.523 bits per heavy atom. The first-order valence-corrected chi connectivity index (χ1v) is 52.8. The summed E-state index contributed by atoms with van der Waals surface area (Å²) in [5, 5.41) is 27.3. The van der Waals surface area contributed by atoms with Gasteiger partial charge in [-0.25, -0.2) is 0 Å². The second-order valence-electron chi connectivity index (χ2n) is 40.8. The number of aromatic nitrogens is 3. The highest BCUT2D eigenvalue weighted by Gasteiger charge is 2.55. The lowest BCUT2D eigenvalue weighted by molar-refractivity contribution is 0.00578. The molecule has 0 unspecified atom stereocenters. The quantitative estimate of drug-likeness (QED) is 0.104. The lowest BCUT2D eigenvalue weighted by atomic mass is 9.71. The van der Waals surface area contributed by atoms with Crippen LogP contribution in [0.5, 0.6) is 0 Å². The second kappa shape index (κ2) is 43.7. The molecule has 0 amide bonds. The van der Waals surface area contributed by atoms with Crippen molar-refractivity contribution in [2.75, 3.05) is 0 Å². The number of hydrogen-bond donors (Lipinski definition) is 0. The van der Waals surface area contributed by atoms with E-state index in [-0.39, 0.29) is 66.8 Å². The molecule has 6 heterocycles. The smallest absolute Gasteiger partial charge is 0.399 e. The summed E-state index contributed by atoms with van der Waals surface area (Å²) in [6.07, 6.45) is 3.88. The van der Waals surface area contributed by atoms with E-state index in [1.165, 1.54) is 176 Å². The Hall–Kier alpha value is -12.7. The fourth-order valence-electron chi connectivity index (χ4n) is 20.4. The molecule has 0 spiro atoms. The van der Waals surface area contributed by atoms with E-state index in [2.05, 4.69) is 528 Å². The number of rotatable bonds is 9. The lowest BCUT2D eigenvalue weighted by Crippen LogP contribution is -2.41. The molecule has 0 radical (unpaired) electrons. The van der Waals surface area contributed by atoms with Crippen molar-refractivity contribution in [2.24, 2.45) is 0 Å². The van der Waals surface area contributed by atoms with Gasteiger partial charge in [0.05, 0.1) is 55.7 Å². The first kappa shape index (κ1) is 108. The number of fused-ring (bicyclic) bond motifs is 15. The Bertz CT molecular complexity index is 8420. The van der Waals surface area contributed by atoms with Crippen LogP contribution in [0.3, 0.4) is 0 Å². The summed E-state index contributed by atoms with van der Waals surface area (Å²) in [6, 6.07) is 140. The third-order valence-corrected chi connectivity index (χ3v) is 32.8. The maximum absolute atomic E-state index is 6.56. The third-order valence-electron chi connectivity index (χ3n) is 29.8. The highest BCUT2D eigenvalue weighted by atomic mass is 79.9. The molecule has 10 nitrogen and oxygen atoms in total. The number of benzene rings is 20. The first-order chi connectivity index (χ1) is 69.9. The van der Waals surface area contributed by atoms with Gasteiger partial charge in [-0.15, -0.1) is 0 Å². The van der Waals surface area contributed by atoms with Crippen LogP contribution in [-0.2, 0) is 32.6 Å². The molecule has 3 fully saturated rings. The van der Waals surface area contributed by atoms with Crippen molar-refractivity contribution in [3.05, 3.63) is 425 Å². The molecule has 3 aliphatic heterocycles. The van der Waals surface area contributed by atoms with Crippen LogP contribution in [0.2, 0.25) is 0 Å². The molecule has 0 atom stereocenters. The van der Waals surface area contributed by atoms with Crippen molar-refractivity contribution < 1.29 is 34.0 Å². The summed E-state index contributed by atoms with van der Waals surface area (Å²) in [5.74, 6) is 0. The van der Waals surface area contributed by atoms with E-state index in [1.807, 2.05) is 53.9 Å². The van der Waals surface area contributed by atoms with Crippen molar-refractivity contribution in [1.82, 2.24) is 14.1 Å². The number of pyridine rings is 1. The molecule has 3 aromatic heterocycles. The summed E-state index contributed by atoms with van der Waals surface area (Å²) in [6.45, 7) is 28.7. The molecule has 0 aliphatic carbocycles. The zero-order chi connectivity index (χ0) is 101. The second-order valence-corrected chi connectivity index (χ2v) is 44.1. The highest BCUT2D eigenvalue weighted by molar-refractivity contribution is 9.11. The van der Waals surface area contributed by atoms with Gasteiger partial charge in [-0.2, -0.15) is 0 Å². The zero-order valence-electron chi connectivity index (χ0n) is 83.7. The van der Waals surface area contributed by atoms with Gasteiger partial charge in [-0.05, 0) is 345 Å². The van der Waals surface area contributed by atoms with Crippen LogP contribution < -0.4 is 10.9 Å². The maximum atomic E-state index is 6.56. The molecule has 20 aromatic carbocycles. The highest BCUT2D eigenvalue weighted by Crippen LogP contribution is 2.49. The van der Waals surface area contributed by atoms with E-state index < -0.39 is 25.6 Å². The monoisotopic (exact) mass is 2220 g/mol. The summed E-state index contributed by atoms with van der Waals surface area (Å²) in [5.41, 5.74) is 14.5. The van der Waals surface area contributed by atoms with Crippen molar-refractivity contribution in [3.8, 4) is 44.8 Å². The normalized spacial score (nSPS) is 14.9. The average Bonchev–Trinajstić information content (AvgIpc) is 1.62. The Balaban J connectivity index is 0.000000132. The summed E-state index contributed by atoms with van der Waals surface area (Å²) in [7, 11) is -1.24. The van der Waals surface area contributed by atoms with Crippen LogP contribution in [0, 0.1) is 0 Å². The van der Waals surface area contributed by atoms with Crippen LogP contribution in [0.1, 0.15) is 128 Å². The largest absolute Gasteiger partial charge is 0.640 e. The molecule has 23 aromatic rings. The van der Waals surface area contributed by atoms with Crippen LogP contribution in [0.25, 0.3) is 185 Å². The van der Waals surface area contributed by atoms with E-state index in [0.717, 1.165) is 37.9 Å². The number of para-hydroxylation sites is 4. The van der Waals surface area contributed by atoms with Gasteiger partial charge < -0.3 is 41.7 Å². The Morgan fingerprint density at radius 3 is 0.866 bits per heavy atom. The molecule has 0 saturated carbocycles. The lowest BCUT2D eigenvalue weighted by Gasteiger charge is -2.32. The van der Waals surface area contributed by atoms with Gasteiger partial charge in [-0.3, -0.25) is 4.98 Å². The van der Waals surface area contributed by atoms with Crippen molar-refractivity contribution in [3.63, 3.8) is 0 Å². The molecular formula is C132H128B3Br4N3O7. The van der Waals surface area contributed by atoms with Gasteiger partial charge in [0.25, 0.3) is 0 Å². The van der Waals surface area contributed by atoms with Gasteiger partial charge in [0.15, 0.2) is 0 Å². The Labute approximate surface area is 912 Å². The number of halogens is 4. The Kier molecular flexibility index (Phi) is 31.6. The molecule has 149 heavy (non-hydrogen) atoms. The average molecular weight is 2220 g/mol. The maximum Gasteiger partial charge on any atom is 0.640 e. The van der Waals surface area contributed by atoms with Crippen LogP contribution in [0.15, 0.2) is 425 Å². The molecule has 26 rings (SSSR count). The van der Waals surface area contributed by atoms with Gasteiger partial charge >= 0.3 is 21.6 Å².